The zero-order valence-corrected chi connectivity index (χ0v) is 19.8. The summed E-state index contributed by atoms with van der Waals surface area (Å²) in [6, 6.07) is 17.5. The van der Waals surface area contributed by atoms with Crippen LogP contribution in [0.4, 0.5) is 5.69 Å². The highest BCUT2D eigenvalue weighted by atomic mass is 32.2. The second-order valence-corrected chi connectivity index (χ2v) is 9.31. The Labute approximate surface area is 190 Å². The van der Waals surface area contributed by atoms with Crippen LogP contribution in [-0.2, 0) is 7.05 Å². The highest BCUT2D eigenvalue weighted by Gasteiger charge is 2.25. The lowest BCUT2D eigenvalue weighted by atomic mass is 10.0. The van der Waals surface area contributed by atoms with Gasteiger partial charge >= 0.3 is 5.17 Å². The van der Waals surface area contributed by atoms with Gasteiger partial charge in [-0.25, -0.2) is 4.57 Å². The second-order valence-electron chi connectivity index (χ2n) is 8.25. The molecule has 4 rings (SSSR count). The summed E-state index contributed by atoms with van der Waals surface area (Å²) in [5, 5.41) is 3.98. The van der Waals surface area contributed by atoms with E-state index in [-0.39, 0.29) is 0 Å². The van der Waals surface area contributed by atoms with Crippen LogP contribution in [0.2, 0.25) is 0 Å². The molecule has 0 fully saturated rings. The lowest BCUT2D eigenvalue weighted by Crippen LogP contribution is -2.25. The summed E-state index contributed by atoms with van der Waals surface area (Å²) in [7, 11) is 8.61. The van der Waals surface area contributed by atoms with Gasteiger partial charge in [-0.2, -0.15) is 0 Å². The van der Waals surface area contributed by atoms with E-state index < -0.39 is 0 Å². The molecule has 0 bridgehead atoms. The van der Waals surface area contributed by atoms with Crippen molar-refractivity contribution in [3.63, 3.8) is 0 Å². The molecule has 0 saturated carbocycles. The van der Waals surface area contributed by atoms with E-state index in [0.717, 1.165) is 25.4 Å². The highest BCUT2D eigenvalue weighted by Crippen LogP contribution is 2.30. The molecular formula is C26H32N4S+2. The Morgan fingerprint density at radius 3 is 2.45 bits per heavy atom. The summed E-state index contributed by atoms with van der Waals surface area (Å²) in [6.07, 6.45) is 8.56. The molecule has 0 radical (unpaired) electrons. The molecule has 2 heterocycles. The van der Waals surface area contributed by atoms with E-state index in [9.17, 15) is 0 Å². The zero-order valence-electron chi connectivity index (χ0n) is 19.0. The minimum atomic E-state index is 1.01. The summed E-state index contributed by atoms with van der Waals surface area (Å²) in [4.78, 5) is 4.74. The number of rotatable bonds is 6. The highest BCUT2D eigenvalue weighted by molar-refractivity contribution is 8.13. The summed E-state index contributed by atoms with van der Waals surface area (Å²) < 4.78 is 4.41. The Hall–Kier alpha value is -2.79. The molecule has 1 aliphatic rings. The number of aryl methyl sites for hydroxylation is 1. The number of hydrogen-bond acceptors (Lipinski definition) is 3. The van der Waals surface area contributed by atoms with Crippen LogP contribution in [0.3, 0.4) is 0 Å². The van der Waals surface area contributed by atoms with Gasteiger partial charge in [-0.15, -0.1) is 0 Å². The number of hydrogen-bond donors (Lipinski definition) is 0. The van der Waals surface area contributed by atoms with Crippen molar-refractivity contribution in [3.8, 4) is 0 Å². The standard InChI is InChI=1S/C26H32N4S/c1-27-15-13-21(14-16-27)9-10-22-11-12-25(24-8-6-5-7-23(22)24)28(2)19-20-31-26-29(3)17-18-30(26)4/h5-16H,17-20H2,1-4H3/q+2. The van der Waals surface area contributed by atoms with Gasteiger partial charge in [-0.3, -0.25) is 9.48 Å². The molecule has 0 saturated heterocycles. The van der Waals surface area contributed by atoms with E-state index in [0.29, 0.717) is 0 Å². The van der Waals surface area contributed by atoms with Crippen molar-refractivity contribution in [3.05, 3.63) is 72.1 Å². The lowest BCUT2D eigenvalue weighted by molar-refractivity contribution is -0.671. The van der Waals surface area contributed by atoms with Crippen molar-refractivity contribution in [2.45, 2.75) is 0 Å². The Morgan fingerprint density at radius 2 is 1.74 bits per heavy atom. The topological polar surface area (TPSA) is 13.4 Å². The lowest BCUT2D eigenvalue weighted by Gasteiger charge is -2.22. The number of anilines is 1. The molecule has 1 aliphatic heterocycles. The predicted octanol–water partition coefficient (Wildman–Crippen LogP) is 3.95. The van der Waals surface area contributed by atoms with Gasteiger partial charge in [0.05, 0.1) is 14.1 Å². The zero-order chi connectivity index (χ0) is 21.8. The van der Waals surface area contributed by atoms with Crippen LogP contribution in [0.25, 0.3) is 22.9 Å². The van der Waals surface area contributed by atoms with E-state index >= 15 is 0 Å². The fourth-order valence-corrected chi connectivity index (χ4v) is 5.16. The van der Waals surface area contributed by atoms with Gasteiger partial charge in [0.25, 0.3) is 0 Å². The molecule has 2 aromatic carbocycles. The molecule has 4 nitrogen and oxygen atoms in total. The van der Waals surface area contributed by atoms with Crippen LogP contribution in [0, 0.1) is 0 Å². The van der Waals surface area contributed by atoms with Crippen LogP contribution in [-0.4, -0.2) is 61.2 Å². The fourth-order valence-electron chi connectivity index (χ4n) is 3.99. The molecular weight excluding hydrogens is 400 g/mol. The van der Waals surface area contributed by atoms with Crippen molar-refractivity contribution in [2.75, 3.05) is 51.4 Å². The SMILES string of the molecule is CN1CC[N+](C)=C1SCCN(C)c1ccc(/C=C/c2cc[n+](C)cc2)c2ccccc12. The third-order valence-electron chi connectivity index (χ3n) is 5.89. The number of amidine groups is 1. The monoisotopic (exact) mass is 432 g/mol. The minimum Gasteiger partial charge on any atom is -0.373 e. The molecule has 31 heavy (non-hydrogen) atoms. The molecule has 0 atom stereocenters. The first kappa shape index (κ1) is 21.4. The molecule has 5 heteroatoms. The number of benzene rings is 2. The molecule has 1 aromatic heterocycles. The number of fused-ring (bicyclic) bond motifs is 1. The van der Waals surface area contributed by atoms with Gasteiger partial charge < -0.3 is 4.90 Å². The maximum absolute atomic E-state index is 2.38. The first-order valence-corrected chi connectivity index (χ1v) is 11.8. The number of nitrogens with zero attached hydrogens (tertiary/aromatic N) is 4. The van der Waals surface area contributed by atoms with Crippen molar-refractivity contribution in [1.29, 1.82) is 0 Å². The van der Waals surface area contributed by atoms with Gasteiger partial charge in [0.15, 0.2) is 12.4 Å². The molecule has 0 amide bonds. The third kappa shape index (κ3) is 4.93. The molecule has 160 valence electrons. The summed E-state index contributed by atoms with van der Waals surface area (Å²) in [5.41, 5.74) is 3.75. The second kappa shape index (κ2) is 9.56. The number of thioether (sulfide) groups is 1. The molecule has 0 N–H and O–H groups in total. The largest absolute Gasteiger partial charge is 0.373 e. The van der Waals surface area contributed by atoms with Crippen LogP contribution >= 0.6 is 11.8 Å². The van der Waals surface area contributed by atoms with Gasteiger partial charge in [0.2, 0.25) is 0 Å². The smallest absolute Gasteiger partial charge is 0.308 e. The van der Waals surface area contributed by atoms with Gasteiger partial charge in [-0.1, -0.05) is 42.5 Å². The maximum atomic E-state index is 2.38. The van der Waals surface area contributed by atoms with E-state index in [2.05, 4.69) is 113 Å². The van der Waals surface area contributed by atoms with E-state index in [4.69, 9.17) is 0 Å². The molecule has 0 spiro atoms. The Kier molecular flexibility index (Phi) is 6.62. The maximum Gasteiger partial charge on any atom is 0.308 e. The third-order valence-corrected chi connectivity index (χ3v) is 7.16. The fraction of sp³-hybridized carbons (Fsp3) is 0.308. The van der Waals surface area contributed by atoms with E-state index in [1.807, 2.05) is 18.8 Å². The average Bonchev–Trinajstić information content (AvgIpc) is 3.10. The quantitative estimate of drug-likeness (QED) is 0.548. The van der Waals surface area contributed by atoms with Crippen LogP contribution in [0.5, 0.6) is 0 Å². The molecule has 0 unspecified atom stereocenters. The van der Waals surface area contributed by atoms with Crippen LogP contribution in [0.1, 0.15) is 11.1 Å². The average molecular weight is 433 g/mol. The summed E-state index contributed by atoms with van der Waals surface area (Å²) >= 11 is 1.95. The van der Waals surface area contributed by atoms with Crippen molar-refractivity contribution < 1.29 is 9.14 Å². The summed E-state index contributed by atoms with van der Waals surface area (Å²) in [6.45, 7) is 3.25. The Morgan fingerprint density at radius 1 is 1.00 bits per heavy atom. The molecule has 0 aliphatic carbocycles. The Bertz CT molecular complexity index is 1120. The van der Waals surface area contributed by atoms with Crippen molar-refractivity contribution in [2.24, 2.45) is 7.05 Å². The minimum absolute atomic E-state index is 1.01. The number of pyridine rings is 1. The first-order valence-electron chi connectivity index (χ1n) is 10.8. The van der Waals surface area contributed by atoms with E-state index in [1.165, 1.54) is 32.8 Å². The first-order chi connectivity index (χ1) is 15.0. The molecule has 3 aromatic rings. The number of aromatic nitrogens is 1. The summed E-state index contributed by atoms with van der Waals surface area (Å²) in [5.74, 6) is 1.07. The predicted molar refractivity (Wildman–Crippen MR) is 135 cm³/mol. The van der Waals surface area contributed by atoms with Crippen LogP contribution in [0.15, 0.2) is 60.9 Å². The van der Waals surface area contributed by atoms with Crippen molar-refractivity contribution in [1.82, 2.24) is 4.90 Å². The van der Waals surface area contributed by atoms with Gasteiger partial charge in [0.1, 0.15) is 20.1 Å². The van der Waals surface area contributed by atoms with E-state index in [1.54, 1.807) is 0 Å². The number of likely N-dealkylation sites (N-methyl/N-ethyl adjacent to an activating group) is 2. The van der Waals surface area contributed by atoms with Crippen LogP contribution < -0.4 is 9.47 Å². The normalized spacial score (nSPS) is 14.3. The van der Waals surface area contributed by atoms with Gasteiger partial charge in [-0.05, 0) is 34.3 Å². The Balaban J connectivity index is 1.52. The van der Waals surface area contributed by atoms with Crippen molar-refractivity contribution >= 4 is 45.5 Å². The van der Waals surface area contributed by atoms with Gasteiger partial charge in [0, 0.05) is 42.6 Å².